The first-order chi connectivity index (χ1) is 9.72. The summed E-state index contributed by atoms with van der Waals surface area (Å²) in [6, 6.07) is 8.26. The summed E-state index contributed by atoms with van der Waals surface area (Å²) in [7, 11) is 2.14. The summed E-state index contributed by atoms with van der Waals surface area (Å²) in [6.45, 7) is 6.10. The Hall–Kier alpha value is -2.01. The van der Waals surface area contributed by atoms with Gasteiger partial charge in [0.25, 0.3) is 0 Å². The molecule has 0 amide bonds. The van der Waals surface area contributed by atoms with Crippen molar-refractivity contribution in [2.24, 2.45) is 0 Å². The van der Waals surface area contributed by atoms with Crippen LogP contribution in [0.1, 0.15) is 5.56 Å². The van der Waals surface area contributed by atoms with E-state index >= 15 is 0 Å². The molecule has 1 fully saturated rings. The van der Waals surface area contributed by atoms with Gasteiger partial charge in [0.05, 0.1) is 0 Å². The van der Waals surface area contributed by atoms with Gasteiger partial charge in [0.2, 0.25) is 5.95 Å². The van der Waals surface area contributed by atoms with E-state index in [0.29, 0.717) is 0 Å². The zero-order valence-electron chi connectivity index (χ0n) is 12.0. The average molecular weight is 269 g/mol. The van der Waals surface area contributed by atoms with Crippen LogP contribution in [-0.4, -0.2) is 53.1 Å². The zero-order chi connectivity index (χ0) is 13.9. The SMILES string of the molecule is Cc1ccc(-c2ncnc(N3CCN(C)CC3)n2)cc1. The Morgan fingerprint density at radius 2 is 1.65 bits per heavy atom. The largest absolute Gasteiger partial charge is 0.338 e. The standard InChI is InChI=1S/C15H19N5/c1-12-3-5-13(6-4-12)14-16-11-17-15(18-14)20-9-7-19(2)8-10-20/h3-6,11H,7-10H2,1-2H3. The normalized spacial score (nSPS) is 16.4. The molecular weight excluding hydrogens is 250 g/mol. The van der Waals surface area contributed by atoms with E-state index in [-0.39, 0.29) is 0 Å². The van der Waals surface area contributed by atoms with Crippen molar-refractivity contribution in [2.45, 2.75) is 6.92 Å². The minimum absolute atomic E-state index is 0.744. The van der Waals surface area contributed by atoms with Crippen LogP contribution in [0.25, 0.3) is 11.4 Å². The Kier molecular flexibility index (Phi) is 3.60. The minimum Gasteiger partial charge on any atom is -0.338 e. The maximum atomic E-state index is 4.61. The molecule has 0 unspecified atom stereocenters. The Balaban J connectivity index is 1.84. The van der Waals surface area contributed by atoms with Crippen LogP contribution in [0.4, 0.5) is 5.95 Å². The van der Waals surface area contributed by atoms with E-state index in [1.807, 2.05) is 0 Å². The van der Waals surface area contributed by atoms with Crippen molar-refractivity contribution in [1.82, 2.24) is 19.9 Å². The molecule has 5 heteroatoms. The summed E-state index contributed by atoms with van der Waals surface area (Å²) in [5.41, 5.74) is 2.27. The molecule has 0 aliphatic carbocycles. The lowest BCUT2D eigenvalue weighted by Gasteiger charge is -2.32. The third-order valence-corrected chi connectivity index (χ3v) is 3.66. The molecule has 1 aromatic heterocycles. The first kappa shape index (κ1) is 13.0. The maximum Gasteiger partial charge on any atom is 0.228 e. The fourth-order valence-electron chi connectivity index (χ4n) is 2.29. The summed E-state index contributed by atoms with van der Waals surface area (Å²) in [5, 5.41) is 0. The minimum atomic E-state index is 0.744. The number of rotatable bonds is 2. The third-order valence-electron chi connectivity index (χ3n) is 3.66. The van der Waals surface area contributed by atoms with Crippen LogP contribution >= 0.6 is 0 Å². The van der Waals surface area contributed by atoms with Gasteiger partial charge in [-0.2, -0.15) is 4.98 Å². The van der Waals surface area contributed by atoms with Crippen LogP contribution in [0.5, 0.6) is 0 Å². The summed E-state index contributed by atoms with van der Waals surface area (Å²) in [5.74, 6) is 1.53. The van der Waals surface area contributed by atoms with Gasteiger partial charge in [0, 0.05) is 31.7 Å². The topological polar surface area (TPSA) is 45.2 Å². The summed E-state index contributed by atoms with van der Waals surface area (Å²) < 4.78 is 0. The van der Waals surface area contributed by atoms with Crippen LogP contribution in [0.2, 0.25) is 0 Å². The second kappa shape index (κ2) is 5.54. The molecule has 2 aromatic rings. The van der Waals surface area contributed by atoms with Gasteiger partial charge in [-0.25, -0.2) is 9.97 Å². The highest BCUT2D eigenvalue weighted by Crippen LogP contribution is 2.17. The number of nitrogens with zero attached hydrogens (tertiary/aromatic N) is 5. The highest BCUT2D eigenvalue weighted by molar-refractivity contribution is 5.56. The molecule has 1 aromatic carbocycles. The fourth-order valence-corrected chi connectivity index (χ4v) is 2.29. The van der Waals surface area contributed by atoms with Gasteiger partial charge in [-0.05, 0) is 14.0 Å². The van der Waals surface area contributed by atoms with Crippen LogP contribution in [0.3, 0.4) is 0 Å². The average Bonchev–Trinajstić information content (AvgIpc) is 2.49. The number of hydrogen-bond donors (Lipinski definition) is 0. The summed E-state index contributed by atoms with van der Waals surface area (Å²) in [6.07, 6.45) is 1.61. The van der Waals surface area contributed by atoms with Crippen molar-refractivity contribution in [3.63, 3.8) is 0 Å². The molecule has 2 heterocycles. The molecule has 1 aliphatic heterocycles. The van der Waals surface area contributed by atoms with Crippen molar-refractivity contribution < 1.29 is 0 Å². The van der Waals surface area contributed by atoms with E-state index in [2.05, 4.69) is 63.0 Å². The van der Waals surface area contributed by atoms with Gasteiger partial charge in [-0.3, -0.25) is 0 Å². The monoisotopic (exact) mass is 269 g/mol. The predicted octanol–water partition coefficient (Wildman–Crippen LogP) is 1.60. The molecule has 0 atom stereocenters. The lowest BCUT2D eigenvalue weighted by molar-refractivity contribution is 0.311. The van der Waals surface area contributed by atoms with E-state index in [0.717, 1.165) is 43.5 Å². The predicted molar refractivity (Wildman–Crippen MR) is 79.7 cm³/mol. The smallest absolute Gasteiger partial charge is 0.228 e. The van der Waals surface area contributed by atoms with Crippen LogP contribution < -0.4 is 4.90 Å². The summed E-state index contributed by atoms with van der Waals surface area (Å²) >= 11 is 0. The molecule has 0 radical (unpaired) electrons. The Labute approximate surface area is 119 Å². The van der Waals surface area contributed by atoms with Gasteiger partial charge < -0.3 is 9.80 Å². The lowest BCUT2D eigenvalue weighted by atomic mass is 10.1. The van der Waals surface area contributed by atoms with Gasteiger partial charge in [0.15, 0.2) is 5.82 Å². The number of aryl methyl sites for hydroxylation is 1. The molecular formula is C15H19N5. The number of likely N-dealkylation sites (N-methyl/N-ethyl adjacent to an activating group) is 1. The van der Waals surface area contributed by atoms with Crippen LogP contribution in [0.15, 0.2) is 30.6 Å². The van der Waals surface area contributed by atoms with Crippen LogP contribution in [0, 0.1) is 6.92 Å². The van der Waals surface area contributed by atoms with Crippen molar-refractivity contribution >= 4 is 5.95 Å². The van der Waals surface area contributed by atoms with Crippen LogP contribution in [-0.2, 0) is 0 Å². The number of anilines is 1. The second-order valence-electron chi connectivity index (χ2n) is 5.27. The van der Waals surface area contributed by atoms with Crippen molar-refractivity contribution in [1.29, 1.82) is 0 Å². The Morgan fingerprint density at radius 1 is 0.950 bits per heavy atom. The first-order valence-corrected chi connectivity index (χ1v) is 6.92. The highest BCUT2D eigenvalue weighted by Gasteiger charge is 2.17. The molecule has 20 heavy (non-hydrogen) atoms. The number of piperazine rings is 1. The van der Waals surface area contributed by atoms with E-state index in [1.165, 1.54) is 5.56 Å². The maximum absolute atomic E-state index is 4.61. The number of benzene rings is 1. The number of aromatic nitrogens is 3. The van der Waals surface area contributed by atoms with E-state index in [4.69, 9.17) is 0 Å². The highest BCUT2D eigenvalue weighted by atomic mass is 15.3. The van der Waals surface area contributed by atoms with E-state index in [1.54, 1.807) is 6.33 Å². The fraction of sp³-hybridized carbons (Fsp3) is 0.400. The molecule has 0 spiro atoms. The molecule has 1 saturated heterocycles. The van der Waals surface area contributed by atoms with Crippen molar-refractivity contribution in [3.05, 3.63) is 36.2 Å². The Bertz CT molecular complexity index is 573. The quantitative estimate of drug-likeness (QED) is 0.828. The lowest BCUT2D eigenvalue weighted by Crippen LogP contribution is -2.45. The Morgan fingerprint density at radius 3 is 2.35 bits per heavy atom. The molecule has 5 nitrogen and oxygen atoms in total. The molecule has 0 bridgehead atoms. The van der Waals surface area contributed by atoms with Gasteiger partial charge in [0.1, 0.15) is 6.33 Å². The van der Waals surface area contributed by atoms with E-state index in [9.17, 15) is 0 Å². The summed E-state index contributed by atoms with van der Waals surface area (Å²) in [4.78, 5) is 17.8. The van der Waals surface area contributed by atoms with Gasteiger partial charge in [-0.15, -0.1) is 0 Å². The van der Waals surface area contributed by atoms with E-state index < -0.39 is 0 Å². The molecule has 3 rings (SSSR count). The van der Waals surface area contributed by atoms with Crippen molar-refractivity contribution in [3.8, 4) is 11.4 Å². The zero-order valence-corrected chi connectivity index (χ0v) is 12.0. The third kappa shape index (κ3) is 2.77. The first-order valence-electron chi connectivity index (χ1n) is 6.92. The van der Waals surface area contributed by atoms with Gasteiger partial charge >= 0.3 is 0 Å². The molecule has 0 saturated carbocycles. The molecule has 104 valence electrons. The van der Waals surface area contributed by atoms with Crippen molar-refractivity contribution in [2.75, 3.05) is 38.1 Å². The molecule has 1 aliphatic rings. The van der Waals surface area contributed by atoms with Gasteiger partial charge in [-0.1, -0.05) is 29.8 Å². The molecule has 0 N–H and O–H groups in total. The number of hydrogen-bond acceptors (Lipinski definition) is 5. The second-order valence-corrected chi connectivity index (χ2v) is 5.27.